The van der Waals surface area contributed by atoms with Gasteiger partial charge in [0, 0.05) is 50.9 Å². The third kappa shape index (κ3) is 7.06. The Morgan fingerprint density at radius 3 is 2.03 bits per heavy atom. The Morgan fingerprint density at radius 2 is 1.50 bits per heavy atom. The first-order chi connectivity index (χ1) is 17.8. The van der Waals surface area contributed by atoms with Crippen LogP contribution in [-0.2, 0) is 14.3 Å². The number of piperazine rings is 1. The van der Waals surface area contributed by atoms with Crippen molar-refractivity contribution in [2.24, 2.45) is 0 Å². The zero-order chi connectivity index (χ0) is 28.3. The zero-order valence-corrected chi connectivity index (χ0v) is 24.5. The van der Waals surface area contributed by atoms with Gasteiger partial charge in [-0.3, -0.25) is 23.0 Å². The predicted octanol–water partition coefficient (Wildman–Crippen LogP) is 3.27. The van der Waals surface area contributed by atoms with Crippen LogP contribution in [0, 0.1) is 0 Å². The summed E-state index contributed by atoms with van der Waals surface area (Å²) < 4.78 is 38.1. The van der Waals surface area contributed by atoms with E-state index in [1.165, 1.54) is 16.7 Å². The van der Waals surface area contributed by atoms with Crippen molar-refractivity contribution in [3.8, 4) is 5.75 Å². The van der Waals surface area contributed by atoms with Gasteiger partial charge in [0.15, 0.2) is 0 Å². The lowest BCUT2D eigenvalue weighted by Crippen LogP contribution is -2.51. The fourth-order valence-electron chi connectivity index (χ4n) is 4.66. The highest BCUT2D eigenvalue weighted by molar-refractivity contribution is 7.86. The molecule has 1 fully saturated rings. The SMILES string of the molecule is CCOS(=O)(=O)c1ccc(OC(C)(C)CCN2CCN(c3cc(=O)n(C(C)C)c(=O)n3C(C)C)CC2)cc1. The molecule has 0 radical (unpaired) electrons. The van der Waals surface area contributed by atoms with Crippen molar-refractivity contribution in [2.45, 2.75) is 77.5 Å². The van der Waals surface area contributed by atoms with Crippen LogP contribution in [-0.4, -0.2) is 67.4 Å². The van der Waals surface area contributed by atoms with E-state index in [9.17, 15) is 18.0 Å². The maximum atomic E-state index is 13.1. The van der Waals surface area contributed by atoms with Gasteiger partial charge in [-0.1, -0.05) is 0 Å². The van der Waals surface area contributed by atoms with E-state index in [1.54, 1.807) is 29.7 Å². The third-order valence-electron chi connectivity index (χ3n) is 6.69. The molecule has 0 aliphatic carbocycles. The van der Waals surface area contributed by atoms with E-state index in [4.69, 9.17) is 8.92 Å². The molecule has 0 unspecified atom stereocenters. The summed E-state index contributed by atoms with van der Waals surface area (Å²) >= 11 is 0. The molecule has 2 heterocycles. The first kappa shape index (κ1) is 29.9. The molecule has 1 aromatic carbocycles. The van der Waals surface area contributed by atoms with E-state index in [0.717, 1.165) is 26.1 Å². The van der Waals surface area contributed by atoms with Crippen LogP contribution < -0.4 is 20.9 Å². The molecule has 38 heavy (non-hydrogen) atoms. The van der Waals surface area contributed by atoms with Crippen LogP contribution in [0.1, 0.15) is 67.0 Å². The zero-order valence-electron chi connectivity index (χ0n) is 23.6. The number of anilines is 1. The molecule has 1 aliphatic heterocycles. The van der Waals surface area contributed by atoms with E-state index >= 15 is 0 Å². The van der Waals surface area contributed by atoms with Crippen LogP contribution in [0.15, 0.2) is 44.8 Å². The maximum Gasteiger partial charge on any atom is 0.333 e. The van der Waals surface area contributed by atoms with Crippen LogP contribution in [0.2, 0.25) is 0 Å². The fourth-order valence-corrected chi connectivity index (χ4v) is 5.57. The van der Waals surface area contributed by atoms with Crippen molar-refractivity contribution in [1.82, 2.24) is 14.0 Å². The smallest absolute Gasteiger partial charge is 0.333 e. The number of aromatic nitrogens is 2. The molecule has 1 aromatic heterocycles. The van der Waals surface area contributed by atoms with Gasteiger partial charge in [0.05, 0.1) is 11.5 Å². The number of benzene rings is 1. The van der Waals surface area contributed by atoms with Gasteiger partial charge >= 0.3 is 5.69 Å². The van der Waals surface area contributed by atoms with Crippen LogP contribution in [0.5, 0.6) is 5.75 Å². The quantitative estimate of drug-likeness (QED) is 0.393. The Kier molecular flexibility index (Phi) is 9.48. The van der Waals surface area contributed by atoms with Crippen molar-refractivity contribution in [3.05, 3.63) is 51.2 Å². The minimum absolute atomic E-state index is 0.0626. The Morgan fingerprint density at radius 1 is 0.921 bits per heavy atom. The van der Waals surface area contributed by atoms with Crippen LogP contribution in [0.3, 0.4) is 0 Å². The molecule has 0 amide bonds. The number of hydrogen-bond acceptors (Lipinski definition) is 8. The van der Waals surface area contributed by atoms with Gasteiger partial charge in [-0.2, -0.15) is 8.42 Å². The summed E-state index contributed by atoms with van der Waals surface area (Å²) in [5.41, 5.74) is -0.985. The largest absolute Gasteiger partial charge is 0.488 e. The van der Waals surface area contributed by atoms with E-state index < -0.39 is 15.7 Å². The summed E-state index contributed by atoms with van der Waals surface area (Å²) in [5.74, 6) is 1.28. The number of rotatable bonds is 11. The summed E-state index contributed by atoms with van der Waals surface area (Å²) in [7, 11) is -3.74. The van der Waals surface area contributed by atoms with Crippen LogP contribution >= 0.6 is 0 Å². The van der Waals surface area contributed by atoms with Gasteiger partial charge in [0.2, 0.25) is 0 Å². The second kappa shape index (κ2) is 12.0. The molecule has 1 aliphatic rings. The second-order valence-corrected chi connectivity index (χ2v) is 12.4. The molecule has 0 N–H and O–H groups in total. The van der Waals surface area contributed by atoms with E-state index in [-0.39, 0.29) is 34.8 Å². The number of hydrogen-bond donors (Lipinski definition) is 0. The van der Waals surface area contributed by atoms with Gasteiger partial charge < -0.3 is 9.64 Å². The van der Waals surface area contributed by atoms with Crippen LogP contribution in [0.4, 0.5) is 5.82 Å². The molecule has 11 heteroatoms. The standard InChI is InChI=1S/C27H42N4O6S/c1-8-36-38(34,35)23-11-9-22(10-12-23)37-27(6,7)13-14-28-15-17-29(18-16-28)24-19-25(32)31(21(4)5)26(33)30(24)20(2)3/h9-12,19-21H,8,13-18H2,1-7H3. The lowest BCUT2D eigenvalue weighted by Gasteiger charge is -2.38. The van der Waals surface area contributed by atoms with Crippen molar-refractivity contribution in [3.63, 3.8) is 0 Å². The van der Waals surface area contributed by atoms with Gasteiger partial charge in [0.1, 0.15) is 17.2 Å². The predicted molar refractivity (Wildman–Crippen MR) is 149 cm³/mol. The van der Waals surface area contributed by atoms with Crippen LogP contribution in [0.25, 0.3) is 0 Å². The molecule has 10 nitrogen and oxygen atoms in total. The van der Waals surface area contributed by atoms with Crippen molar-refractivity contribution < 1.29 is 17.3 Å². The first-order valence-electron chi connectivity index (χ1n) is 13.3. The van der Waals surface area contributed by atoms with Gasteiger partial charge in [-0.05, 0) is 79.2 Å². The van der Waals surface area contributed by atoms with Gasteiger partial charge in [0.25, 0.3) is 15.7 Å². The molecule has 0 spiro atoms. The molecular formula is C27H42N4O6S. The second-order valence-electron chi connectivity index (χ2n) is 10.8. The van der Waals surface area contributed by atoms with Gasteiger partial charge in [-0.15, -0.1) is 0 Å². The van der Waals surface area contributed by atoms with Crippen molar-refractivity contribution in [2.75, 3.05) is 44.2 Å². The lowest BCUT2D eigenvalue weighted by molar-refractivity contribution is 0.0820. The summed E-state index contributed by atoms with van der Waals surface area (Å²) in [6.45, 7) is 17.2. The highest BCUT2D eigenvalue weighted by Gasteiger charge is 2.26. The number of ether oxygens (including phenoxy) is 1. The summed E-state index contributed by atoms with van der Waals surface area (Å²) in [6.07, 6.45) is 0.771. The average molecular weight is 551 g/mol. The third-order valence-corrected chi connectivity index (χ3v) is 8.08. The minimum Gasteiger partial charge on any atom is -0.488 e. The fraction of sp³-hybridized carbons (Fsp3) is 0.630. The van der Waals surface area contributed by atoms with E-state index in [0.29, 0.717) is 24.7 Å². The molecule has 1 saturated heterocycles. The minimum atomic E-state index is -3.74. The highest BCUT2D eigenvalue weighted by atomic mass is 32.2. The van der Waals surface area contributed by atoms with Crippen molar-refractivity contribution >= 4 is 15.9 Å². The summed E-state index contributed by atoms with van der Waals surface area (Å²) in [4.78, 5) is 30.4. The summed E-state index contributed by atoms with van der Waals surface area (Å²) in [6, 6.07) is 7.61. The molecule has 212 valence electrons. The molecule has 2 aromatic rings. The number of nitrogens with zero attached hydrogens (tertiary/aromatic N) is 4. The Hall–Kier alpha value is -2.63. The molecule has 0 atom stereocenters. The van der Waals surface area contributed by atoms with E-state index in [1.807, 2.05) is 41.5 Å². The maximum absolute atomic E-state index is 13.1. The molecule has 0 bridgehead atoms. The monoisotopic (exact) mass is 550 g/mol. The lowest BCUT2D eigenvalue weighted by atomic mass is 10.0. The Bertz CT molecular complexity index is 1300. The van der Waals surface area contributed by atoms with Gasteiger partial charge in [-0.25, -0.2) is 4.79 Å². The highest BCUT2D eigenvalue weighted by Crippen LogP contribution is 2.24. The van der Waals surface area contributed by atoms with Crippen molar-refractivity contribution in [1.29, 1.82) is 0 Å². The van der Waals surface area contributed by atoms with E-state index in [2.05, 4.69) is 9.80 Å². The average Bonchev–Trinajstić information content (AvgIpc) is 2.82. The molecule has 0 saturated carbocycles. The summed E-state index contributed by atoms with van der Waals surface area (Å²) in [5, 5.41) is 0. The normalized spacial score (nSPS) is 15.4. The topological polar surface area (TPSA) is 103 Å². The Balaban J connectivity index is 1.60. The molecular weight excluding hydrogens is 508 g/mol. The molecule has 3 rings (SSSR count). The Labute approximate surface area is 225 Å². The first-order valence-corrected chi connectivity index (χ1v) is 14.7.